The Morgan fingerprint density at radius 3 is 2.41 bits per heavy atom. The van der Waals surface area contributed by atoms with Gasteiger partial charge in [0, 0.05) is 6.54 Å². The number of benzene rings is 1. The van der Waals surface area contributed by atoms with Crippen LogP contribution in [0, 0.1) is 5.92 Å². The van der Waals surface area contributed by atoms with E-state index in [-0.39, 0.29) is 24.2 Å². The molecule has 0 aromatic heterocycles. The molecule has 2 saturated carbocycles. The molecule has 0 spiro atoms. The Kier molecular flexibility index (Phi) is 6.20. The molecule has 0 saturated heterocycles. The van der Waals surface area contributed by atoms with Gasteiger partial charge in [-0.2, -0.15) is 0 Å². The number of carbonyl (C=O) groups excluding carboxylic acids is 2. The lowest BCUT2D eigenvalue weighted by molar-refractivity contribution is -0.138. The summed E-state index contributed by atoms with van der Waals surface area (Å²) in [6.45, 7) is 2.63. The molecule has 0 bridgehead atoms. The third-order valence-electron chi connectivity index (χ3n) is 6.01. The van der Waals surface area contributed by atoms with Crippen molar-refractivity contribution in [2.75, 3.05) is 6.54 Å². The van der Waals surface area contributed by atoms with Crippen LogP contribution >= 0.6 is 0 Å². The summed E-state index contributed by atoms with van der Waals surface area (Å²) in [6, 6.07) is 9.46. The van der Waals surface area contributed by atoms with Gasteiger partial charge in [-0.3, -0.25) is 9.59 Å². The Morgan fingerprint density at radius 1 is 1.15 bits per heavy atom. The second-order valence-electron chi connectivity index (χ2n) is 8.19. The van der Waals surface area contributed by atoms with Crippen molar-refractivity contribution >= 4 is 11.8 Å². The predicted octanol–water partition coefficient (Wildman–Crippen LogP) is 3.02. The number of hydrogen-bond donors (Lipinski definition) is 3. The van der Waals surface area contributed by atoms with E-state index >= 15 is 0 Å². The second kappa shape index (κ2) is 8.42. The SMILES string of the molecule is CCCNC(=O)C1(NC(=O)C[C@@](O)(c2ccccc2)C2CC2)CCCCC1. The average Bonchev–Trinajstić information content (AvgIpc) is 3.53. The lowest BCUT2D eigenvalue weighted by atomic mass is 9.79. The number of hydrogen-bond acceptors (Lipinski definition) is 3. The van der Waals surface area contributed by atoms with Crippen LogP contribution in [0.15, 0.2) is 30.3 Å². The van der Waals surface area contributed by atoms with E-state index in [0.717, 1.165) is 44.1 Å². The summed E-state index contributed by atoms with van der Waals surface area (Å²) in [7, 11) is 0. The number of aliphatic hydroxyl groups is 1. The first-order chi connectivity index (χ1) is 13.0. The Hall–Kier alpha value is -1.88. The Morgan fingerprint density at radius 2 is 1.81 bits per heavy atom. The quantitative estimate of drug-likeness (QED) is 0.656. The van der Waals surface area contributed by atoms with Gasteiger partial charge in [-0.15, -0.1) is 0 Å². The molecule has 2 aliphatic carbocycles. The minimum Gasteiger partial charge on any atom is -0.384 e. The second-order valence-corrected chi connectivity index (χ2v) is 8.19. The van der Waals surface area contributed by atoms with Gasteiger partial charge in [0.25, 0.3) is 0 Å². The van der Waals surface area contributed by atoms with Gasteiger partial charge in [0.2, 0.25) is 11.8 Å². The highest BCUT2D eigenvalue weighted by Crippen LogP contribution is 2.47. The van der Waals surface area contributed by atoms with Crippen molar-refractivity contribution in [1.29, 1.82) is 0 Å². The molecule has 5 heteroatoms. The zero-order valence-electron chi connectivity index (χ0n) is 16.3. The third-order valence-corrected chi connectivity index (χ3v) is 6.01. The highest BCUT2D eigenvalue weighted by Gasteiger charge is 2.48. The molecule has 0 radical (unpaired) electrons. The fourth-order valence-corrected chi connectivity index (χ4v) is 4.30. The van der Waals surface area contributed by atoms with Crippen LogP contribution < -0.4 is 10.6 Å². The summed E-state index contributed by atoms with van der Waals surface area (Å²) >= 11 is 0. The molecular formula is C22H32N2O3. The largest absolute Gasteiger partial charge is 0.384 e. The molecule has 0 unspecified atom stereocenters. The fourth-order valence-electron chi connectivity index (χ4n) is 4.30. The van der Waals surface area contributed by atoms with Crippen molar-refractivity contribution in [2.24, 2.45) is 5.92 Å². The van der Waals surface area contributed by atoms with Crippen LogP contribution in [0.2, 0.25) is 0 Å². The number of rotatable bonds is 8. The van der Waals surface area contributed by atoms with E-state index in [2.05, 4.69) is 10.6 Å². The smallest absolute Gasteiger partial charge is 0.245 e. The summed E-state index contributed by atoms with van der Waals surface area (Å²) in [5.74, 6) is -0.198. The third kappa shape index (κ3) is 4.52. The topological polar surface area (TPSA) is 78.4 Å². The maximum atomic E-state index is 13.0. The van der Waals surface area contributed by atoms with E-state index in [0.29, 0.717) is 19.4 Å². The molecule has 0 aliphatic heterocycles. The molecule has 1 aromatic rings. The predicted molar refractivity (Wildman–Crippen MR) is 105 cm³/mol. The van der Waals surface area contributed by atoms with Crippen LogP contribution in [-0.4, -0.2) is 29.0 Å². The molecule has 2 fully saturated rings. The van der Waals surface area contributed by atoms with Crippen LogP contribution in [0.1, 0.15) is 70.3 Å². The molecule has 3 N–H and O–H groups in total. The first-order valence-corrected chi connectivity index (χ1v) is 10.4. The summed E-state index contributed by atoms with van der Waals surface area (Å²) in [5.41, 5.74) is -1.19. The highest BCUT2D eigenvalue weighted by atomic mass is 16.3. The maximum Gasteiger partial charge on any atom is 0.245 e. The monoisotopic (exact) mass is 372 g/mol. The zero-order chi connectivity index (χ0) is 19.3. The first kappa shape index (κ1) is 19.9. The maximum absolute atomic E-state index is 13.0. The summed E-state index contributed by atoms with van der Waals surface area (Å²) < 4.78 is 0. The normalized spacial score (nSPS) is 21.1. The van der Waals surface area contributed by atoms with Gasteiger partial charge in [0.1, 0.15) is 11.1 Å². The van der Waals surface area contributed by atoms with Crippen LogP contribution in [0.25, 0.3) is 0 Å². The van der Waals surface area contributed by atoms with Crippen molar-refractivity contribution in [3.05, 3.63) is 35.9 Å². The Bertz CT molecular complexity index is 651. The number of amides is 2. The lowest BCUT2D eigenvalue weighted by Crippen LogP contribution is -2.60. The van der Waals surface area contributed by atoms with Crippen molar-refractivity contribution in [3.63, 3.8) is 0 Å². The van der Waals surface area contributed by atoms with E-state index in [9.17, 15) is 14.7 Å². The molecule has 1 aromatic carbocycles. The standard InChI is InChI=1S/C22H32N2O3/c1-2-15-23-20(26)21(13-7-4-8-14-21)24-19(25)16-22(27,18-11-12-18)17-9-5-3-6-10-17/h3,5-6,9-10,18,27H,2,4,7-8,11-16H2,1H3,(H,23,26)(H,24,25)/t22-/m1/s1. The van der Waals surface area contributed by atoms with Crippen molar-refractivity contribution in [1.82, 2.24) is 10.6 Å². The van der Waals surface area contributed by atoms with E-state index in [1.54, 1.807) is 0 Å². The van der Waals surface area contributed by atoms with Crippen molar-refractivity contribution < 1.29 is 14.7 Å². The van der Waals surface area contributed by atoms with Crippen molar-refractivity contribution in [2.45, 2.75) is 75.9 Å². The average molecular weight is 373 g/mol. The molecule has 2 aliphatic rings. The molecule has 5 nitrogen and oxygen atoms in total. The van der Waals surface area contributed by atoms with Gasteiger partial charge in [-0.1, -0.05) is 56.5 Å². The van der Waals surface area contributed by atoms with Crippen LogP contribution in [0.5, 0.6) is 0 Å². The van der Waals surface area contributed by atoms with Crippen LogP contribution in [0.3, 0.4) is 0 Å². The van der Waals surface area contributed by atoms with E-state index in [1.165, 1.54) is 0 Å². The van der Waals surface area contributed by atoms with E-state index in [1.807, 2.05) is 37.3 Å². The van der Waals surface area contributed by atoms with Gasteiger partial charge in [-0.05, 0) is 43.6 Å². The highest BCUT2D eigenvalue weighted by molar-refractivity contribution is 5.92. The Balaban J connectivity index is 1.74. The van der Waals surface area contributed by atoms with E-state index in [4.69, 9.17) is 0 Å². The van der Waals surface area contributed by atoms with E-state index < -0.39 is 11.1 Å². The van der Waals surface area contributed by atoms with Crippen LogP contribution in [-0.2, 0) is 15.2 Å². The molecule has 27 heavy (non-hydrogen) atoms. The molecule has 148 valence electrons. The Labute approximate surface area is 161 Å². The van der Waals surface area contributed by atoms with Gasteiger partial charge < -0.3 is 15.7 Å². The molecule has 3 rings (SSSR count). The molecule has 2 amide bonds. The lowest BCUT2D eigenvalue weighted by Gasteiger charge is -2.38. The summed E-state index contributed by atoms with van der Waals surface area (Å²) in [5, 5.41) is 17.3. The first-order valence-electron chi connectivity index (χ1n) is 10.4. The number of nitrogens with one attached hydrogen (secondary N) is 2. The molecule has 1 atom stereocenters. The van der Waals surface area contributed by atoms with Gasteiger partial charge in [-0.25, -0.2) is 0 Å². The molecular weight excluding hydrogens is 340 g/mol. The zero-order valence-corrected chi connectivity index (χ0v) is 16.3. The van der Waals surface area contributed by atoms with Gasteiger partial charge in [0.05, 0.1) is 6.42 Å². The van der Waals surface area contributed by atoms with Crippen LogP contribution in [0.4, 0.5) is 0 Å². The van der Waals surface area contributed by atoms with Gasteiger partial charge >= 0.3 is 0 Å². The van der Waals surface area contributed by atoms with Crippen molar-refractivity contribution in [3.8, 4) is 0 Å². The minimum absolute atomic E-state index is 0.00445. The summed E-state index contributed by atoms with van der Waals surface area (Å²) in [4.78, 5) is 25.8. The number of carbonyl (C=O) groups is 2. The minimum atomic E-state index is -1.15. The summed E-state index contributed by atoms with van der Waals surface area (Å²) in [6.07, 6.45) is 7.03. The van der Waals surface area contributed by atoms with Gasteiger partial charge in [0.15, 0.2) is 0 Å². The molecule has 0 heterocycles. The fraction of sp³-hybridized carbons (Fsp3) is 0.636.